The standard InChI is InChI=1S/C68H86N6O15/c1-39(2)51(32-41(4)65(84)85)73(11)64(83)62(67(5,6)7)72-63(82)61(69-10)68(8,9)47-23-18-19-42(33-47)35-56(78)88-38-43-31-40(3)48(36-52-57(79)58(80)59(81)60(89-52)66(86)87)49(34-43)71-54(76)29-30-70-53(75)25-16-17-26-55(77)74-37-46-22-13-12-20-44(46)27-28-45-21-14-15-24-50(45)74/h12-15,18-24,31-34,39,51-52,57-62,69,79-81H,16-17,25-26,29-30,35-38H2,1-11H3,(H,70,75)(H,71,76)(H,72,82)(H,84,85)(H,86,87)/b41-32+/t51-,52?,57?,58?,59?,60?,61+,62-/m1/s1. The van der Waals surface area contributed by atoms with Gasteiger partial charge in [-0.25, -0.2) is 9.59 Å². The van der Waals surface area contributed by atoms with E-state index in [1.807, 2.05) is 103 Å². The van der Waals surface area contributed by atoms with Crippen LogP contribution in [0.4, 0.5) is 11.4 Å². The van der Waals surface area contributed by atoms with E-state index in [-0.39, 0.29) is 74.2 Å². The van der Waals surface area contributed by atoms with Crippen LogP contribution in [0, 0.1) is 30.1 Å². The average molecular weight is 1230 g/mol. The summed E-state index contributed by atoms with van der Waals surface area (Å²) >= 11 is 0. The summed E-state index contributed by atoms with van der Waals surface area (Å²) in [6, 6.07) is 23.0. The van der Waals surface area contributed by atoms with Crippen LogP contribution in [0.3, 0.4) is 0 Å². The molecule has 89 heavy (non-hydrogen) atoms. The van der Waals surface area contributed by atoms with Crippen molar-refractivity contribution in [1.29, 1.82) is 0 Å². The van der Waals surface area contributed by atoms with Gasteiger partial charge >= 0.3 is 17.9 Å². The van der Waals surface area contributed by atoms with Gasteiger partial charge in [-0.3, -0.25) is 28.8 Å². The fraction of sp³-hybridized carbons (Fsp3) is 0.471. The number of carbonyl (C=O) groups excluding carboxylic acids is 6. The van der Waals surface area contributed by atoms with E-state index in [9.17, 15) is 63.9 Å². The molecule has 2 heterocycles. The van der Waals surface area contributed by atoms with Crippen LogP contribution in [0.2, 0.25) is 0 Å². The number of anilines is 2. The largest absolute Gasteiger partial charge is 0.479 e. The van der Waals surface area contributed by atoms with E-state index in [0.717, 1.165) is 22.4 Å². The van der Waals surface area contributed by atoms with Gasteiger partial charge in [-0.1, -0.05) is 127 Å². The molecule has 1 saturated heterocycles. The van der Waals surface area contributed by atoms with E-state index in [2.05, 4.69) is 33.1 Å². The third kappa shape index (κ3) is 18.2. The minimum absolute atomic E-state index is 0.0532. The monoisotopic (exact) mass is 1230 g/mol. The summed E-state index contributed by atoms with van der Waals surface area (Å²) in [4.78, 5) is 109. The highest BCUT2D eigenvalue weighted by Crippen LogP contribution is 2.33. The van der Waals surface area contributed by atoms with Crippen LogP contribution in [0.5, 0.6) is 0 Å². The normalized spacial score (nSPS) is 18.5. The molecular formula is C68H86N6O15. The summed E-state index contributed by atoms with van der Waals surface area (Å²) in [7, 11) is 3.23. The SMILES string of the molecule is CN[C@@H](C(=O)N[C@H](C(=O)N(C)[C@H](/C=C(\C)C(=O)O)C(C)C)C(C)(C)C)C(C)(C)c1cccc(CC(=O)OCc2cc(C)c(CC3OC(C(=O)O)C(O)C(O)C3O)c(NC(=O)CCNC(=O)CCCCC(=O)N3Cc4ccccc4C#Cc4ccccc43)c2)c1. The molecule has 5 amide bonds. The Labute approximate surface area is 520 Å². The molecule has 0 bridgehead atoms. The van der Waals surface area contributed by atoms with Gasteiger partial charge in [0, 0.05) is 67.1 Å². The number of rotatable bonds is 26. The second kappa shape index (κ2) is 30.8. The van der Waals surface area contributed by atoms with Gasteiger partial charge in [0.15, 0.2) is 6.10 Å². The van der Waals surface area contributed by atoms with Crippen LogP contribution in [0.25, 0.3) is 0 Å². The third-order valence-electron chi connectivity index (χ3n) is 16.4. The molecule has 21 nitrogen and oxygen atoms in total. The molecule has 4 aromatic rings. The number of amides is 5. The lowest BCUT2D eigenvalue weighted by Crippen LogP contribution is -2.61. The molecule has 8 atom stereocenters. The summed E-state index contributed by atoms with van der Waals surface area (Å²) in [5.41, 5.74) is 4.39. The van der Waals surface area contributed by atoms with Crippen molar-refractivity contribution in [3.8, 4) is 11.8 Å². The molecule has 0 aromatic heterocycles. The summed E-state index contributed by atoms with van der Waals surface area (Å²) in [6.45, 7) is 16.1. The number of carbonyl (C=O) groups is 8. The number of unbranched alkanes of at least 4 members (excludes halogenated alkanes) is 1. The highest BCUT2D eigenvalue weighted by Gasteiger charge is 2.47. The number of fused-ring (bicyclic) bond motifs is 2. The molecule has 0 aliphatic carbocycles. The van der Waals surface area contributed by atoms with Crippen LogP contribution in [0.1, 0.15) is 132 Å². The lowest BCUT2D eigenvalue weighted by molar-refractivity contribution is -0.227. The number of nitrogens with zero attached hydrogens (tertiary/aromatic N) is 2. The molecule has 2 aliphatic rings. The number of esters is 1. The Balaban J connectivity index is 1.09. The number of para-hydroxylation sites is 1. The average Bonchev–Trinajstić information content (AvgIpc) is 2.01. The number of aryl methyl sites for hydroxylation is 1. The van der Waals surface area contributed by atoms with Gasteiger partial charge in [-0.2, -0.15) is 0 Å². The van der Waals surface area contributed by atoms with Gasteiger partial charge in [0.2, 0.25) is 29.5 Å². The number of likely N-dealkylation sites (N-methyl/N-ethyl adjacent to an activating group) is 2. The van der Waals surface area contributed by atoms with E-state index >= 15 is 0 Å². The Morgan fingerprint density at radius 3 is 2.12 bits per heavy atom. The van der Waals surface area contributed by atoms with Crippen LogP contribution in [-0.2, 0) is 79.2 Å². The van der Waals surface area contributed by atoms with E-state index in [1.54, 1.807) is 56.3 Å². The second-order valence-electron chi connectivity index (χ2n) is 24.9. The number of carboxylic acid groups (broad SMARTS) is 2. The minimum Gasteiger partial charge on any atom is -0.479 e. The van der Waals surface area contributed by atoms with Crippen LogP contribution < -0.4 is 26.2 Å². The molecular weight excluding hydrogens is 1140 g/mol. The first-order valence-corrected chi connectivity index (χ1v) is 29.9. The van der Waals surface area contributed by atoms with E-state index < -0.39 is 95.1 Å². The zero-order chi connectivity index (χ0) is 65.7. The van der Waals surface area contributed by atoms with Crippen LogP contribution in [-0.4, -0.2) is 147 Å². The molecule has 6 rings (SSSR count). The number of hydrogen-bond acceptors (Lipinski definition) is 14. The van der Waals surface area contributed by atoms with E-state index in [0.29, 0.717) is 47.2 Å². The van der Waals surface area contributed by atoms with Crippen molar-refractivity contribution < 1.29 is 73.4 Å². The van der Waals surface area contributed by atoms with Crippen molar-refractivity contribution in [3.63, 3.8) is 0 Å². The Hall–Kier alpha value is -8.26. The maximum atomic E-state index is 14.3. The molecule has 0 saturated carbocycles. The molecule has 5 unspecified atom stereocenters. The van der Waals surface area contributed by atoms with Crippen LogP contribution in [0.15, 0.2) is 96.6 Å². The van der Waals surface area contributed by atoms with Crippen molar-refractivity contribution in [2.75, 3.05) is 30.9 Å². The van der Waals surface area contributed by atoms with Gasteiger partial charge in [0.25, 0.3) is 0 Å². The van der Waals surface area contributed by atoms with Crippen molar-refractivity contribution in [2.45, 2.75) is 174 Å². The molecule has 21 heteroatoms. The van der Waals surface area contributed by atoms with Gasteiger partial charge in [0.05, 0.1) is 36.8 Å². The number of aliphatic carboxylic acids is 2. The smallest absolute Gasteiger partial charge is 0.335 e. The van der Waals surface area contributed by atoms with Gasteiger partial charge < -0.3 is 66.1 Å². The summed E-state index contributed by atoms with van der Waals surface area (Å²) in [5.74, 6) is 1.15. The summed E-state index contributed by atoms with van der Waals surface area (Å²) in [6.07, 6.45) is -6.67. The molecule has 1 fully saturated rings. The molecule has 4 aromatic carbocycles. The number of aliphatic hydroxyl groups excluding tert-OH is 3. The molecule has 9 N–H and O–H groups in total. The molecule has 0 spiro atoms. The highest BCUT2D eigenvalue weighted by atomic mass is 16.6. The first-order chi connectivity index (χ1) is 41.9. The Bertz CT molecular complexity index is 3360. The van der Waals surface area contributed by atoms with E-state index in [1.165, 1.54) is 17.9 Å². The van der Waals surface area contributed by atoms with Crippen molar-refractivity contribution in [1.82, 2.24) is 20.9 Å². The quantitative estimate of drug-likeness (QED) is 0.0159. The van der Waals surface area contributed by atoms with Gasteiger partial charge in [-0.15, -0.1) is 0 Å². The lowest BCUT2D eigenvalue weighted by Gasteiger charge is -2.40. The maximum absolute atomic E-state index is 14.3. The first kappa shape index (κ1) is 69.8. The predicted molar refractivity (Wildman–Crippen MR) is 334 cm³/mol. The van der Waals surface area contributed by atoms with E-state index in [4.69, 9.17) is 9.47 Å². The Morgan fingerprint density at radius 1 is 0.798 bits per heavy atom. The number of aliphatic hydroxyl groups is 3. The first-order valence-electron chi connectivity index (χ1n) is 29.9. The highest BCUT2D eigenvalue weighted by molar-refractivity contribution is 5.96. The number of benzene rings is 4. The second-order valence-corrected chi connectivity index (χ2v) is 24.9. The van der Waals surface area contributed by atoms with Crippen molar-refractivity contribution in [2.24, 2.45) is 11.3 Å². The fourth-order valence-corrected chi connectivity index (χ4v) is 11.2. The number of ether oxygens (including phenoxy) is 2. The van der Waals surface area contributed by atoms with Gasteiger partial charge in [-0.05, 0) is 103 Å². The minimum atomic E-state index is -1.93. The van der Waals surface area contributed by atoms with Crippen molar-refractivity contribution >= 4 is 58.8 Å². The lowest BCUT2D eigenvalue weighted by atomic mass is 9.76. The Morgan fingerprint density at radius 2 is 1.46 bits per heavy atom. The Kier molecular flexibility index (Phi) is 24.2. The number of hydrogen-bond donors (Lipinski definition) is 9. The maximum Gasteiger partial charge on any atom is 0.335 e. The predicted octanol–water partition coefficient (Wildman–Crippen LogP) is 5.62. The summed E-state index contributed by atoms with van der Waals surface area (Å²) in [5, 5.41) is 63.0. The van der Waals surface area contributed by atoms with Crippen LogP contribution >= 0.6 is 0 Å². The zero-order valence-electron chi connectivity index (χ0n) is 52.6. The van der Waals surface area contributed by atoms with Crippen molar-refractivity contribution in [3.05, 3.63) is 141 Å². The fourth-order valence-electron chi connectivity index (χ4n) is 11.2. The molecule has 0 radical (unpaired) electrons. The summed E-state index contributed by atoms with van der Waals surface area (Å²) < 4.78 is 11.4. The molecule has 478 valence electrons. The van der Waals surface area contributed by atoms with Gasteiger partial charge in [0.1, 0.15) is 31.0 Å². The molecule has 2 aliphatic heterocycles. The number of carboxylic acids is 2. The topological polar surface area (TPSA) is 311 Å². The zero-order valence-corrected chi connectivity index (χ0v) is 52.6. The third-order valence-corrected chi connectivity index (χ3v) is 16.4. The number of nitrogens with one attached hydrogen (secondary N) is 4.